The molecular formula is C16H17NO3S. The molecule has 0 saturated carbocycles. The minimum atomic E-state index is -0.224. The van der Waals surface area contributed by atoms with Crippen molar-refractivity contribution in [2.24, 2.45) is 0 Å². The van der Waals surface area contributed by atoms with E-state index in [0.717, 1.165) is 58.9 Å². The molecule has 21 heavy (non-hydrogen) atoms. The third-order valence-corrected chi connectivity index (χ3v) is 4.79. The molecule has 0 N–H and O–H groups in total. The van der Waals surface area contributed by atoms with Crippen molar-refractivity contribution in [3.63, 3.8) is 0 Å². The molecule has 4 nitrogen and oxygen atoms in total. The zero-order valence-electron chi connectivity index (χ0n) is 12.1. The smallest absolute Gasteiger partial charge is 0.339 e. The van der Waals surface area contributed by atoms with Gasteiger partial charge in [0.05, 0.1) is 0 Å². The lowest BCUT2D eigenvalue weighted by Crippen LogP contribution is -2.16. The number of amides is 1. The van der Waals surface area contributed by atoms with Crippen LogP contribution in [-0.2, 0) is 12.8 Å². The summed E-state index contributed by atoms with van der Waals surface area (Å²) in [7, 11) is 3.43. The Balaban J connectivity index is 2.07. The molecule has 1 heterocycles. The molecule has 1 amide bonds. The molecule has 5 heteroatoms. The number of thioether (sulfide) groups is 1. The first-order valence-electron chi connectivity index (χ1n) is 7.04. The molecule has 0 spiro atoms. The molecule has 1 aromatic carbocycles. The lowest BCUT2D eigenvalue weighted by Gasteiger charge is -2.16. The zero-order valence-corrected chi connectivity index (χ0v) is 13.0. The van der Waals surface area contributed by atoms with Gasteiger partial charge in [-0.05, 0) is 61.2 Å². The Labute approximate surface area is 127 Å². The van der Waals surface area contributed by atoms with Gasteiger partial charge in [0.2, 0.25) is 0 Å². The molecular weight excluding hydrogens is 286 g/mol. The minimum Gasteiger partial charge on any atom is -0.422 e. The Hall–Kier alpha value is -1.75. The SMILES string of the molecule is CN(C)C(=O)Sc1ccc2c3c(c(=O)oc2c1)CCCC3. The highest BCUT2D eigenvalue weighted by Gasteiger charge is 2.18. The number of carbonyl (C=O) groups is 1. The first kappa shape index (κ1) is 14.2. The van der Waals surface area contributed by atoms with Crippen molar-refractivity contribution in [1.82, 2.24) is 4.90 Å². The van der Waals surface area contributed by atoms with Crippen LogP contribution in [0.4, 0.5) is 4.79 Å². The Kier molecular flexibility index (Phi) is 3.76. The minimum absolute atomic E-state index is 0.0466. The molecule has 1 aliphatic carbocycles. The second-order valence-corrected chi connectivity index (χ2v) is 6.50. The third-order valence-electron chi connectivity index (χ3n) is 3.77. The predicted molar refractivity (Wildman–Crippen MR) is 84.1 cm³/mol. The van der Waals surface area contributed by atoms with Gasteiger partial charge in [-0.25, -0.2) is 4.79 Å². The van der Waals surface area contributed by atoms with Gasteiger partial charge in [0.1, 0.15) is 5.58 Å². The van der Waals surface area contributed by atoms with Gasteiger partial charge in [0, 0.05) is 29.9 Å². The molecule has 0 radical (unpaired) electrons. The largest absolute Gasteiger partial charge is 0.422 e. The number of hydrogen-bond acceptors (Lipinski definition) is 4. The van der Waals surface area contributed by atoms with Crippen LogP contribution in [0.1, 0.15) is 24.0 Å². The summed E-state index contributed by atoms with van der Waals surface area (Å²) >= 11 is 1.13. The summed E-state index contributed by atoms with van der Waals surface area (Å²) < 4.78 is 5.45. The van der Waals surface area contributed by atoms with Gasteiger partial charge in [-0.2, -0.15) is 0 Å². The van der Waals surface area contributed by atoms with E-state index in [1.807, 2.05) is 12.1 Å². The maximum absolute atomic E-state index is 12.1. The molecule has 0 aliphatic heterocycles. The number of aryl methyl sites for hydroxylation is 1. The second kappa shape index (κ2) is 5.56. The van der Waals surface area contributed by atoms with Gasteiger partial charge < -0.3 is 9.32 Å². The van der Waals surface area contributed by atoms with E-state index in [2.05, 4.69) is 0 Å². The van der Waals surface area contributed by atoms with E-state index < -0.39 is 0 Å². The number of hydrogen-bond donors (Lipinski definition) is 0. The molecule has 1 aromatic heterocycles. The van der Waals surface area contributed by atoms with Crippen molar-refractivity contribution in [2.75, 3.05) is 14.1 Å². The van der Waals surface area contributed by atoms with E-state index in [1.54, 1.807) is 20.2 Å². The van der Waals surface area contributed by atoms with E-state index in [0.29, 0.717) is 5.58 Å². The molecule has 0 saturated heterocycles. The standard InChI is InChI=1S/C16H17NO3S/c1-17(2)16(19)21-10-7-8-12-11-5-3-4-6-13(11)15(18)20-14(12)9-10/h7-9H,3-6H2,1-2H3. The molecule has 110 valence electrons. The van der Waals surface area contributed by atoms with E-state index in [-0.39, 0.29) is 10.9 Å². The average Bonchev–Trinajstić information content (AvgIpc) is 2.47. The van der Waals surface area contributed by atoms with Gasteiger partial charge in [-0.3, -0.25) is 4.79 Å². The fourth-order valence-corrected chi connectivity index (χ4v) is 3.37. The summed E-state index contributed by atoms with van der Waals surface area (Å²) in [6, 6.07) is 5.68. The number of carbonyl (C=O) groups excluding carboxylic acids is 1. The molecule has 0 fully saturated rings. The third kappa shape index (κ3) is 2.70. The fourth-order valence-electron chi connectivity index (χ4n) is 2.68. The topological polar surface area (TPSA) is 50.5 Å². The van der Waals surface area contributed by atoms with Crippen molar-refractivity contribution in [1.29, 1.82) is 0 Å². The number of fused-ring (bicyclic) bond motifs is 3. The van der Waals surface area contributed by atoms with Crippen molar-refractivity contribution < 1.29 is 9.21 Å². The molecule has 2 aromatic rings. The molecule has 1 aliphatic rings. The summed E-state index contributed by atoms with van der Waals surface area (Å²) in [4.78, 5) is 26.1. The van der Waals surface area contributed by atoms with Gasteiger partial charge in [0.25, 0.3) is 5.24 Å². The van der Waals surface area contributed by atoms with Gasteiger partial charge in [-0.1, -0.05) is 0 Å². The van der Waals surface area contributed by atoms with Crippen LogP contribution in [0.2, 0.25) is 0 Å². The molecule has 0 unspecified atom stereocenters. The van der Waals surface area contributed by atoms with Crippen molar-refractivity contribution in [2.45, 2.75) is 30.6 Å². The van der Waals surface area contributed by atoms with Crippen LogP contribution >= 0.6 is 11.8 Å². The summed E-state index contributed by atoms with van der Waals surface area (Å²) in [5, 5.41) is 0.959. The monoisotopic (exact) mass is 303 g/mol. The van der Waals surface area contributed by atoms with Gasteiger partial charge in [0.15, 0.2) is 0 Å². The van der Waals surface area contributed by atoms with Crippen LogP contribution in [0.15, 0.2) is 32.3 Å². The number of nitrogens with zero attached hydrogens (tertiary/aromatic N) is 1. The number of rotatable bonds is 1. The quantitative estimate of drug-likeness (QED) is 0.598. The number of benzene rings is 1. The summed E-state index contributed by atoms with van der Waals surface area (Å²) in [6.45, 7) is 0. The summed E-state index contributed by atoms with van der Waals surface area (Å²) in [5.74, 6) is 0. The van der Waals surface area contributed by atoms with Crippen LogP contribution in [0.5, 0.6) is 0 Å². The normalized spacial score (nSPS) is 14.0. The Morgan fingerprint density at radius 2 is 1.90 bits per heavy atom. The van der Waals surface area contributed by atoms with Crippen molar-refractivity contribution >= 4 is 28.0 Å². The van der Waals surface area contributed by atoms with Crippen LogP contribution in [-0.4, -0.2) is 24.2 Å². The van der Waals surface area contributed by atoms with Gasteiger partial charge >= 0.3 is 5.63 Å². The molecule has 0 atom stereocenters. The second-order valence-electron chi connectivity index (χ2n) is 5.47. The highest BCUT2D eigenvalue weighted by molar-refractivity contribution is 8.13. The fraction of sp³-hybridized carbons (Fsp3) is 0.375. The highest BCUT2D eigenvalue weighted by atomic mass is 32.2. The highest BCUT2D eigenvalue weighted by Crippen LogP contribution is 2.30. The van der Waals surface area contributed by atoms with Crippen LogP contribution in [0.25, 0.3) is 11.0 Å². The summed E-state index contributed by atoms with van der Waals surface area (Å²) in [5.41, 5.74) is 2.32. The van der Waals surface area contributed by atoms with Crippen LogP contribution in [0, 0.1) is 0 Å². The molecule has 3 rings (SSSR count). The van der Waals surface area contributed by atoms with Crippen LogP contribution < -0.4 is 5.63 Å². The lowest BCUT2D eigenvalue weighted by molar-refractivity contribution is 0.241. The average molecular weight is 303 g/mol. The van der Waals surface area contributed by atoms with Gasteiger partial charge in [-0.15, -0.1) is 0 Å². The first-order chi connectivity index (χ1) is 10.1. The van der Waals surface area contributed by atoms with Crippen molar-refractivity contribution in [3.8, 4) is 0 Å². The van der Waals surface area contributed by atoms with E-state index in [1.165, 1.54) is 4.90 Å². The first-order valence-corrected chi connectivity index (χ1v) is 7.85. The maximum atomic E-state index is 12.1. The Bertz CT molecular complexity index is 764. The Morgan fingerprint density at radius 3 is 2.62 bits per heavy atom. The van der Waals surface area contributed by atoms with E-state index >= 15 is 0 Å². The van der Waals surface area contributed by atoms with Crippen LogP contribution in [0.3, 0.4) is 0 Å². The molecule has 0 bridgehead atoms. The maximum Gasteiger partial charge on any atom is 0.339 e. The predicted octanol–water partition coefficient (Wildman–Crippen LogP) is 3.45. The van der Waals surface area contributed by atoms with E-state index in [9.17, 15) is 9.59 Å². The zero-order chi connectivity index (χ0) is 15.0. The Morgan fingerprint density at radius 1 is 1.19 bits per heavy atom. The lowest BCUT2D eigenvalue weighted by atomic mass is 9.91. The van der Waals surface area contributed by atoms with Crippen molar-refractivity contribution in [3.05, 3.63) is 39.7 Å². The van der Waals surface area contributed by atoms with E-state index in [4.69, 9.17) is 4.42 Å². The summed E-state index contributed by atoms with van der Waals surface area (Å²) in [6.07, 6.45) is 3.90.